The number of nitrogens with zero attached hydrogens (tertiary/aromatic N) is 5. The second kappa shape index (κ2) is 7.99. The molecule has 7 nitrogen and oxygen atoms in total. The Hall–Kier alpha value is -2.91. The Bertz CT molecular complexity index is 1090. The molecule has 0 N–H and O–H groups in total. The van der Waals surface area contributed by atoms with Crippen LogP contribution in [0.2, 0.25) is 0 Å². The van der Waals surface area contributed by atoms with Gasteiger partial charge >= 0.3 is 5.97 Å². The van der Waals surface area contributed by atoms with Gasteiger partial charge in [-0.25, -0.2) is 9.78 Å². The Kier molecular flexibility index (Phi) is 5.27. The highest BCUT2D eigenvalue weighted by Gasteiger charge is 2.13. The lowest BCUT2D eigenvalue weighted by molar-refractivity contribution is 0.0378. The van der Waals surface area contributed by atoms with Crippen molar-refractivity contribution in [3.8, 4) is 22.0 Å². The minimum absolute atomic E-state index is 0.174. The van der Waals surface area contributed by atoms with Crippen LogP contribution in [-0.4, -0.2) is 37.3 Å². The number of ether oxygens (including phenoxy) is 1. The van der Waals surface area contributed by atoms with Crippen LogP contribution < -0.4 is 0 Å². The monoisotopic (exact) mass is 411 g/mol. The second-order valence-corrected chi connectivity index (χ2v) is 7.97. The van der Waals surface area contributed by atoms with E-state index in [9.17, 15) is 4.79 Å². The first-order valence-electron chi connectivity index (χ1n) is 8.64. The first-order valence-corrected chi connectivity index (χ1v) is 10.5. The van der Waals surface area contributed by atoms with E-state index in [1.807, 2.05) is 30.7 Å². The van der Waals surface area contributed by atoms with Crippen molar-refractivity contribution in [2.45, 2.75) is 26.5 Å². The molecule has 0 spiro atoms. The maximum atomic E-state index is 12.1. The molecule has 9 heteroatoms. The Morgan fingerprint density at radius 2 is 2.11 bits per heavy atom. The van der Waals surface area contributed by atoms with Crippen molar-refractivity contribution in [2.24, 2.45) is 0 Å². The number of aromatic nitrogens is 5. The van der Waals surface area contributed by atoms with Gasteiger partial charge in [0.15, 0.2) is 0 Å². The van der Waals surface area contributed by atoms with Crippen LogP contribution in [0.1, 0.15) is 29.9 Å². The van der Waals surface area contributed by atoms with E-state index in [0.717, 1.165) is 16.3 Å². The zero-order chi connectivity index (χ0) is 19.5. The van der Waals surface area contributed by atoms with Gasteiger partial charge in [0.1, 0.15) is 11.6 Å². The number of hydrogen-bond acceptors (Lipinski definition) is 8. The molecule has 0 atom stereocenters. The van der Waals surface area contributed by atoms with Gasteiger partial charge in [-0.05, 0) is 42.6 Å². The summed E-state index contributed by atoms with van der Waals surface area (Å²) in [5.74, 6) is 0.0835. The number of carbonyl (C=O) groups excluding carboxylic acids is 1. The third kappa shape index (κ3) is 4.15. The average Bonchev–Trinajstić information content (AvgIpc) is 3.43. The summed E-state index contributed by atoms with van der Waals surface area (Å²) in [4.78, 5) is 18.2. The fourth-order valence-corrected chi connectivity index (χ4v) is 4.06. The third-order valence-corrected chi connectivity index (χ3v) is 5.40. The van der Waals surface area contributed by atoms with Crippen molar-refractivity contribution < 1.29 is 9.53 Å². The van der Waals surface area contributed by atoms with Crippen molar-refractivity contribution in [3.05, 3.63) is 57.7 Å². The number of carbonyl (C=O) groups is 1. The highest BCUT2D eigenvalue weighted by molar-refractivity contribution is 7.14. The number of benzene rings is 1. The fourth-order valence-electron chi connectivity index (χ4n) is 2.54. The van der Waals surface area contributed by atoms with E-state index in [2.05, 4.69) is 31.8 Å². The Balaban J connectivity index is 1.50. The molecule has 4 aromatic rings. The Morgan fingerprint density at radius 1 is 1.21 bits per heavy atom. The SMILES string of the molecule is CC(C)OC(=O)c1cccc(-c2nnn(Cc3csc(-c4ccsc4)n3)n2)c1. The first-order chi connectivity index (χ1) is 13.6. The van der Waals surface area contributed by atoms with Gasteiger partial charge in [0.25, 0.3) is 0 Å². The van der Waals surface area contributed by atoms with Gasteiger partial charge < -0.3 is 4.74 Å². The Labute approximate surface area is 169 Å². The van der Waals surface area contributed by atoms with E-state index in [4.69, 9.17) is 4.74 Å². The van der Waals surface area contributed by atoms with Gasteiger partial charge in [-0.1, -0.05) is 12.1 Å². The maximum absolute atomic E-state index is 12.1. The predicted octanol–water partition coefficient (Wildman–Crippen LogP) is 4.14. The molecule has 0 fully saturated rings. The van der Waals surface area contributed by atoms with Crippen LogP contribution >= 0.6 is 22.7 Å². The van der Waals surface area contributed by atoms with E-state index >= 15 is 0 Å². The fraction of sp³-hybridized carbons (Fsp3) is 0.211. The zero-order valence-electron chi connectivity index (χ0n) is 15.3. The van der Waals surface area contributed by atoms with Crippen molar-refractivity contribution in [1.82, 2.24) is 25.2 Å². The second-order valence-electron chi connectivity index (χ2n) is 6.33. The first kappa shape index (κ1) is 18.5. The highest BCUT2D eigenvalue weighted by atomic mass is 32.1. The number of esters is 1. The molecular formula is C19H17N5O2S2. The quantitative estimate of drug-likeness (QED) is 0.444. The molecule has 1 aromatic carbocycles. The van der Waals surface area contributed by atoms with Gasteiger partial charge in [-0.15, -0.1) is 21.5 Å². The summed E-state index contributed by atoms with van der Waals surface area (Å²) in [6.45, 7) is 4.07. The van der Waals surface area contributed by atoms with Crippen molar-refractivity contribution in [3.63, 3.8) is 0 Å². The molecular weight excluding hydrogens is 394 g/mol. The number of rotatable bonds is 6. The van der Waals surface area contributed by atoms with Gasteiger partial charge in [-0.2, -0.15) is 16.1 Å². The van der Waals surface area contributed by atoms with E-state index in [-0.39, 0.29) is 12.1 Å². The molecule has 0 aliphatic carbocycles. The zero-order valence-corrected chi connectivity index (χ0v) is 16.9. The maximum Gasteiger partial charge on any atom is 0.338 e. The molecule has 28 heavy (non-hydrogen) atoms. The normalized spacial score (nSPS) is 11.1. The van der Waals surface area contributed by atoms with Gasteiger partial charge in [0.05, 0.1) is 17.4 Å². The van der Waals surface area contributed by atoms with Crippen LogP contribution in [-0.2, 0) is 11.3 Å². The van der Waals surface area contributed by atoms with Crippen LogP contribution in [0, 0.1) is 0 Å². The van der Waals surface area contributed by atoms with Crippen molar-refractivity contribution in [2.75, 3.05) is 0 Å². The van der Waals surface area contributed by atoms with Gasteiger partial charge in [-0.3, -0.25) is 0 Å². The number of thiazole rings is 1. The van der Waals surface area contributed by atoms with E-state index < -0.39 is 0 Å². The van der Waals surface area contributed by atoms with Crippen molar-refractivity contribution >= 4 is 28.6 Å². The summed E-state index contributed by atoms with van der Waals surface area (Å²) in [6, 6.07) is 9.09. The average molecular weight is 412 g/mol. The number of thiophene rings is 1. The van der Waals surface area contributed by atoms with Crippen LogP contribution in [0.25, 0.3) is 22.0 Å². The molecule has 0 saturated heterocycles. The van der Waals surface area contributed by atoms with Gasteiger partial charge in [0, 0.05) is 21.9 Å². The molecule has 142 valence electrons. The summed E-state index contributed by atoms with van der Waals surface area (Å²) in [5.41, 5.74) is 3.17. The topological polar surface area (TPSA) is 82.8 Å². The smallest absolute Gasteiger partial charge is 0.338 e. The van der Waals surface area contributed by atoms with Crippen LogP contribution in [0.3, 0.4) is 0 Å². The number of tetrazole rings is 1. The molecule has 3 heterocycles. The van der Waals surface area contributed by atoms with Crippen LogP contribution in [0.5, 0.6) is 0 Å². The minimum Gasteiger partial charge on any atom is -0.459 e. The standard InChI is InChI=1S/C19H17N5O2S2/c1-12(2)26-19(25)14-5-3-4-13(8-14)17-21-23-24(22-17)9-16-11-28-18(20-16)15-6-7-27-10-15/h3-8,10-12H,9H2,1-2H3. The molecule has 3 aromatic heterocycles. The predicted molar refractivity (Wildman–Crippen MR) is 108 cm³/mol. The lowest BCUT2D eigenvalue weighted by atomic mass is 10.1. The Morgan fingerprint density at radius 3 is 2.89 bits per heavy atom. The summed E-state index contributed by atoms with van der Waals surface area (Å²) >= 11 is 3.24. The summed E-state index contributed by atoms with van der Waals surface area (Å²) in [7, 11) is 0. The van der Waals surface area contributed by atoms with E-state index in [0.29, 0.717) is 23.5 Å². The molecule has 0 aliphatic rings. The molecule has 0 aliphatic heterocycles. The van der Waals surface area contributed by atoms with Gasteiger partial charge in [0.2, 0.25) is 5.82 Å². The van der Waals surface area contributed by atoms with E-state index in [1.165, 1.54) is 4.80 Å². The highest BCUT2D eigenvalue weighted by Crippen LogP contribution is 2.26. The number of hydrogen-bond donors (Lipinski definition) is 0. The largest absolute Gasteiger partial charge is 0.459 e. The van der Waals surface area contributed by atoms with Crippen LogP contribution in [0.4, 0.5) is 0 Å². The van der Waals surface area contributed by atoms with Crippen LogP contribution in [0.15, 0.2) is 46.5 Å². The lowest BCUT2D eigenvalue weighted by Gasteiger charge is -2.08. The molecule has 0 bridgehead atoms. The summed E-state index contributed by atoms with van der Waals surface area (Å²) < 4.78 is 5.24. The summed E-state index contributed by atoms with van der Waals surface area (Å²) in [5, 5.41) is 19.7. The molecule has 0 saturated carbocycles. The van der Waals surface area contributed by atoms with E-state index in [1.54, 1.807) is 40.9 Å². The molecule has 0 radical (unpaired) electrons. The third-order valence-electron chi connectivity index (χ3n) is 3.78. The lowest BCUT2D eigenvalue weighted by Crippen LogP contribution is -2.11. The summed E-state index contributed by atoms with van der Waals surface area (Å²) in [6.07, 6.45) is -0.174. The van der Waals surface area contributed by atoms with Crippen molar-refractivity contribution in [1.29, 1.82) is 0 Å². The molecule has 0 unspecified atom stereocenters. The molecule has 0 amide bonds. The minimum atomic E-state index is -0.368. The molecule has 4 rings (SSSR count).